The Kier molecular flexibility index (Phi) is 4.50. The first-order valence-electron chi connectivity index (χ1n) is 5.78. The van der Waals surface area contributed by atoms with Crippen molar-refractivity contribution in [3.05, 3.63) is 58.3 Å². The van der Waals surface area contributed by atoms with E-state index in [0.717, 1.165) is 5.56 Å². The Bertz CT molecular complexity index is 482. The summed E-state index contributed by atoms with van der Waals surface area (Å²) in [5.41, 5.74) is 1.10. The number of aliphatic hydroxyl groups is 1. The van der Waals surface area contributed by atoms with Gasteiger partial charge in [-0.05, 0) is 23.4 Å². The van der Waals surface area contributed by atoms with Gasteiger partial charge in [-0.1, -0.05) is 36.4 Å². The topological polar surface area (TPSA) is 49.3 Å². The first kappa shape index (κ1) is 12.8. The van der Waals surface area contributed by atoms with E-state index in [2.05, 4.69) is 5.32 Å². The van der Waals surface area contributed by atoms with Crippen molar-refractivity contribution in [2.24, 2.45) is 0 Å². The second-order valence-corrected chi connectivity index (χ2v) is 4.97. The number of benzene rings is 1. The summed E-state index contributed by atoms with van der Waals surface area (Å²) in [7, 11) is 0. The molecule has 1 aromatic carbocycles. The molecule has 0 unspecified atom stereocenters. The Labute approximate surface area is 110 Å². The highest BCUT2D eigenvalue weighted by molar-refractivity contribution is 7.12. The molecule has 94 valence electrons. The summed E-state index contributed by atoms with van der Waals surface area (Å²) in [4.78, 5) is 12.5. The van der Waals surface area contributed by atoms with Crippen molar-refractivity contribution in [1.82, 2.24) is 5.32 Å². The number of carbonyl (C=O) groups excluding carboxylic acids is 1. The molecule has 0 aliphatic carbocycles. The summed E-state index contributed by atoms with van der Waals surface area (Å²) in [5, 5.41) is 14.0. The molecule has 0 aliphatic rings. The van der Waals surface area contributed by atoms with Gasteiger partial charge in [0.1, 0.15) is 0 Å². The maximum absolute atomic E-state index is 11.9. The second-order valence-electron chi connectivity index (χ2n) is 4.02. The highest BCUT2D eigenvalue weighted by Gasteiger charge is 2.13. The Hall–Kier alpha value is -1.65. The molecular weight excluding hydrogens is 246 g/mol. The summed E-state index contributed by atoms with van der Waals surface area (Å²) in [6.45, 7) is -0.0635. The number of rotatable bonds is 5. The molecule has 0 bridgehead atoms. The molecule has 18 heavy (non-hydrogen) atoms. The van der Waals surface area contributed by atoms with Crippen LogP contribution in [0.5, 0.6) is 0 Å². The third-order valence-electron chi connectivity index (χ3n) is 2.63. The van der Waals surface area contributed by atoms with Crippen molar-refractivity contribution in [3.63, 3.8) is 0 Å². The highest BCUT2D eigenvalue weighted by Crippen LogP contribution is 2.09. The Morgan fingerprint density at radius 2 is 2.00 bits per heavy atom. The highest BCUT2D eigenvalue weighted by atomic mass is 32.1. The number of carbonyl (C=O) groups is 1. The summed E-state index contributed by atoms with van der Waals surface area (Å²) >= 11 is 1.40. The molecule has 0 saturated carbocycles. The van der Waals surface area contributed by atoms with Crippen LogP contribution in [-0.2, 0) is 6.42 Å². The SMILES string of the molecule is O=C(N[C@@H](CO)Cc1ccccc1)c1cccs1. The lowest BCUT2D eigenvalue weighted by Crippen LogP contribution is -2.38. The monoisotopic (exact) mass is 261 g/mol. The normalized spacial score (nSPS) is 12.1. The number of nitrogens with one attached hydrogen (secondary N) is 1. The van der Waals surface area contributed by atoms with E-state index < -0.39 is 0 Å². The molecule has 1 atom stereocenters. The maximum Gasteiger partial charge on any atom is 0.261 e. The van der Waals surface area contributed by atoms with E-state index in [9.17, 15) is 9.90 Å². The van der Waals surface area contributed by atoms with Crippen LogP contribution in [0.4, 0.5) is 0 Å². The zero-order valence-corrected chi connectivity index (χ0v) is 10.7. The van der Waals surface area contributed by atoms with Crippen LogP contribution >= 0.6 is 11.3 Å². The average Bonchev–Trinajstić information content (AvgIpc) is 2.93. The number of amides is 1. The third-order valence-corrected chi connectivity index (χ3v) is 3.49. The van der Waals surface area contributed by atoms with Gasteiger partial charge in [0.15, 0.2) is 0 Å². The summed E-state index contributed by atoms with van der Waals surface area (Å²) in [5.74, 6) is -0.125. The fraction of sp³-hybridized carbons (Fsp3) is 0.214. The predicted octanol–water partition coefficient (Wildman–Crippen LogP) is 2.08. The standard InChI is InChI=1S/C14H15NO2S/c16-10-12(9-11-5-2-1-3-6-11)15-14(17)13-7-4-8-18-13/h1-8,12,16H,9-10H2,(H,15,17)/t12-/m1/s1. The molecule has 4 heteroatoms. The number of thiophene rings is 1. The minimum atomic E-state index is -0.248. The van der Waals surface area contributed by atoms with E-state index in [1.165, 1.54) is 11.3 Å². The summed E-state index contributed by atoms with van der Waals surface area (Å²) in [6.07, 6.45) is 0.633. The van der Waals surface area contributed by atoms with E-state index in [4.69, 9.17) is 0 Å². The Morgan fingerprint density at radius 1 is 1.22 bits per heavy atom. The van der Waals surface area contributed by atoms with Crippen LogP contribution in [0.2, 0.25) is 0 Å². The van der Waals surface area contributed by atoms with Gasteiger partial charge in [-0.3, -0.25) is 4.79 Å². The lowest BCUT2D eigenvalue weighted by atomic mass is 10.1. The van der Waals surface area contributed by atoms with Crippen LogP contribution in [-0.4, -0.2) is 23.7 Å². The first-order valence-corrected chi connectivity index (χ1v) is 6.66. The molecule has 0 saturated heterocycles. The molecule has 1 heterocycles. The van der Waals surface area contributed by atoms with Gasteiger partial charge in [-0.25, -0.2) is 0 Å². The number of hydrogen-bond acceptors (Lipinski definition) is 3. The lowest BCUT2D eigenvalue weighted by Gasteiger charge is -2.15. The fourth-order valence-corrected chi connectivity index (χ4v) is 2.35. The Morgan fingerprint density at radius 3 is 2.61 bits per heavy atom. The van der Waals surface area contributed by atoms with Gasteiger partial charge in [0.25, 0.3) is 5.91 Å². The fourth-order valence-electron chi connectivity index (χ4n) is 1.72. The van der Waals surface area contributed by atoms with Crippen LogP contribution < -0.4 is 5.32 Å². The third kappa shape index (κ3) is 3.42. The van der Waals surface area contributed by atoms with Crippen LogP contribution in [0.25, 0.3) is 0 Å². The lowest BCUT2D eigenvalue weighted by molar-refractivity contribution is 0.0920. The molecule has 1 amide bonds. The van der Waals surface area contributed by atoms with Gasteiger partial charge in [0.2, 0.25) is 0 Å². The predicted molar refractivity (Wildman–Crippen MR) is 72.8 cm³/mol. The van der Waals surface area contributed by atoms with Crippen LogP contribution in [0.15, 0.2) is 47.8 Å². The molecular formula is C14H15NO2S. The molecule has 2 aromatic rings. The first-order chi connectivity index (χ1) is 8.79. The second kappa shape index (κ2) is 6.33. The smallest absolute Gasteiger partial charge is 0.261 e. The van der Waals surface area contributed by atoms with Gasteiger partial charge < -0.3 is 10.4 Å². The van der Waals surface area contributed by atoms with E-state index in [-0.39, 0.29) is 18.6 Å². The van der Waals surface area contributed by atoms with E-state index >= 15 is 0 Å². The molecule has 0 aliphatic heterocycles. The molecule has 0 radical (unpaired) electrons. The number of hydrogen-bond donors (Lipinski definition) is 2. The van der Waals surface area contributed by atoms with E-state index in [1.807, 2.05) is 41.8 Å². The number of aliphatic hydroxyl groups excluding tert-OH is 1. The minimum Gasteiger partial charge on any atom is -0.394 e. The van der Waals surface area contributed by atoms with Crippen LogP contribution in [0, 0.1) is 0 Å². The van der Waals surface area contributed by atoms with Gasteiger partial charge in [0.05, 0.1) is 17.5 Å². The molecule has 1 aromatic heterocycles. The zero-order chi connectivity index (χ0) is 12.8. The molecule has 0 fully saturated rings. The van der Waals surface area contributed by atoms with Crippen molar-refractivity contribution < 1.29 is 9.90 Å². The van der Waals surface area contributed by atoms with Gasteiger partial charge in [0, 0.05) is 0 Å². The van der Waals surface area contributed by atoms with Crippen molar-refractivity contribution >= 4 is 17.2 Å². The molecule has 2 N–H and O–H groups in total. The summed E-state index contributed by atoms with van der Waals surface area (Å²) in [6, 6.07) is 13.2. The molecule has 0 spiro atoms. The van der Waals surface area contributed by atoms with E-state index in [1.54, 1.807) is 6.07 Å². The Balaban J connectivity index is 1.96. The van der Waals surface area contributed by atoms with Gasteiger partial charge >= 0.3 is 0 Å². The van der Waals surface area contributed by atoms with Crippen molar-refractivity contribution in [3.8, 4) is 0 Å². The summed E-state index contributed by atoms with van der Waals surface area (Å²) < 4.78 is 0. The quantitative estimate of drug-likeness (QED) is 0.865. The van der Waals surface area contributed by atoms with Crippen molar-refractivity contribution in [2.45, 2.75) is 12.5 Å². The average molecular weight is 261 g/mol. The van der Waals surface area contributed by atoms with Crippen molar-refractivity contribution in [2.75, 3.05) is 6.61 Å². The zero-order valence-electron chi connectivity index (χ0n) is 9.87. The van der Waals surface area contributed by atoms with Crippen LogP contribution in [0.3, 0.4) is 0 Å². The maximum atomic E-state index is 11.9. The largest absolute Gasteiger partial charge is 0.394 e. The van der Waals surface area contributed by atoms with Crippen molar-refractivity contribution in [1.29, 1.82) is 0 Å². The minimum absolute atomic E-state index is 0.0635. The van der Waals surface area contributed by atoms with E-state index in [0.29, 0.717) is 11.3 Å². The molecule has 2 rings (SSSR count). The molecule has 3 nitrogen and oxygen atoms in total. The van der Waals surface area contributed by atoms with Crippen LogP contribution in [0.1, 0.15) is 15.2 Å². The van der Waals surface area contributed by atoms with Gasteiger partial charge in [-0.2, -0.15) is 0 Å². The van der Waals surface area contributed by atoms with Gasteiger partial charge in [-0.15, -0.1) is 11.3 Å².